The fourth-order valence-electron chi connectivity index (χ4n) is 6.80. The second-order valence-corrected chi connectivity index (χ2v) is 9.38. The van der Waals surface area contributed by atoms with Crippen molar-refractivity contribution in [2.45, 2.75) is 76.0 Å². The number of benzene rings is 1. The van der Waals surface area contributed by atoms with Gasteiger partial charge in [0.1, 0.15) is 0 Å². The highest BCUT2D eigenvalue weighted by Gasteiger charge is 2.51. The van der Waals surface area contributed by atoms with E-state index in [0.29, 0.717) is 11.3 Å². The van der Waals surface area contributed by atoms with E-state index in [0.717, 1.165) is 17.8 Å². The quantitative estimate of drug-likeness (QED) is 0.550. The summed E-state index contributed by atoms with van der Waals surface area (Å²) in [4.78, 5) is 0. The van der Waals surface area contributed by atoms with Crippen LogP contribution in [-0.4, -0.2) is 0 Å². The summed E-state index contributed by atoms with van der Waals surface area (Å²) < 4.78 is 0. The zero-order valence-electron chi connectivity index (χ0n) is 14.9. The van der Waals surface area contributed by atoms with E-state index in [1.165, 1.54) is 76.2 Å². The van der Waals surface area contributed by atoms with Gasteiger partial charge in [-0.3, -0.25) is 0 Å². The minimum absolute atomic E-state index is 0.532. The monoisotopic (exact) mass is 318 g/mol. The van der Waals surface area contributed by atoms with Crippen LogP contribution in [0.15, 0.2) is 24.3 Å². The number of hydrogen-bond acceptors (Lipinski definition) is 0. The number of hydrogen-bond donors (Lipinski definition) is 0. The lowest BCUT2D eigenvalue weighted by Gasteiger charge is -2.57. The van der Waals surface area contributed by atoms with E-state index in [-0.39, 0.29) is 0 Å². The summed E-state index contributed by atoms with van der Waals surface area (Å²) in [6, 6.07) is 9.48. The van der Waals surface area contributed by atoms with Crippen LogP contribution < -0.4 is 0 Å². The molecule has 0 amide bonds. The molecule has 0 radical (unpaired) electrons. The molecule has 6 rings (SSSR count). The zero-order valence-corrected chi connectivity index (χ0v) is 14.9. The molecule has 0 atom stereocenters. The normalized spacial score (nSPS) is 37.9. The summed E-state index contributed by atoms with van der Waals surface area (Å²) in [5, 5.41) is 0. The summed E-state index contributed by atoms with van der Waals surface area (Å²) in [5.41, 5.74) is 3.39. The smallest absolute Gasteiger partial charge is 0.0245 e. The average molecular weight is 319 g/mol. The third-order valence-corrected chi connectivity index (χ3v) is 7.56. The molecule has 0 N–H and O–H groups in total. The highest BCUT2D eigenvalue weighted by Crippen LogP contribution is 2.60. The molecule has 0 saturated heterocycles. The van der Waals surface area contributed by atoms with Crippen LogP contribution >= 0.6 is 0 Å². The molecule has 5 aliphatic rings. The van der Waals surface area contributed by atoms with Gasteiger partial charge in [-0.1, -0.05) is 43.2 Å². The highest BCUT2D eigenvalue weighted by molar-refractivity contribution is 5.39. The lowest BCUT2D eigenvalue weighted by molar-refractivity contribution is -0.00518. The Hall–Kier alpha value is -1.22. The van der Waals surface area contributed by atoms with Crippen LogP contribution in [0.4, 0.5) is 0 Å². The van der Waals surface area contributed by atoms with E-state index in [9.17, 15) is 0 Å². The Bertz CT molecular complexity index is 612. The average Bonchev–Trinajstić information content (AvgIpc) is 2.60. The molecule has 0 spiro atoms. The van der Waals surface area contributed by atoms with Gasteiger partial charge in [-0.05, 0) is 92.2 Å². The van der Waals surface area contributed by atoms with Crippen LogP contribution in [0.2, 0.25) is 0 Å². The first-order valence-electron chi connectivity index (χ1n) is 10.4. The van der Waals surface area contributed by atoms with Crippen molar-refractivity contribution < 1.29 is 0 Å². The highest BCUT2D eigenvalue weighted by atomic mass is 14.6. The van der Waals surface area contributed by atoms with Crippen LogP contribution in [-0.2, 0) is 5.41 Å². The predicted molar refractivity (Wildman–Crippen MR) is 99.7 cm³/mol. The van der Waals surface area contributed by atoms with E-state index in [4.69, 9.17) is 0 Å². The van der Waals surface area contributed by atoms with Crippen molar-refractivity contribution in [2.24, 2.45) is 23.7 Å². The van der Waals surface area contributed by atoms with Gasteiger partial charge in [0.25, 0.3) is 0 Å². The van der Waals surface area contributed by atoms with E-state index in [1.807, 2.05) is 0 Å². The van der Waals surface area contributed by atoms with E-state index in [1.54, 1.807) is 5.56 Å². The molecule has 0 heterocycles. The van der Waals surface area contributed by atoms with Gasteiger partial charge in [-0.15, -0.1) is 0 Å². The second kappa shape index (κ2) is 5.94. The summed E-state index contributed by atoms with van der Waals surface area (Å²) in [6.45, 7) is 0. The lowest BCUT2D eigenvalue weighted by atomic mass is 9.48. The SMILES string of the molecule is C(#CC1CCCCC1)c1ccc(C23CC4CC(CC(C4)C2)C3)cc1. The fourth-order valence-corrected chi connectivity index (χ4v) is 6.80. The first-order chi connectivity index (χ1) is 11.8. The van der Waals surface area contributed by atoms with Crippen molar-refractivity contribution >= 4 is 0 Å². The van der Waals surface area contributed by atoms with Crippen molar-refractivity contribution in [3.05, 3.63) is 35.4 Å². The van der Waals surface area contributed by atoms with Crippen molar-refractivity contribution in [2.75, 3.05) is 0 Å². The van der Waals surface area contributed by atoms with Gasteiger partial charge in [0.2, 0.25) is 0 Å². The molecule has 1 aromatic rings. The van der Waals surface area contributed by atoms with Crippen LogP contribution in [0.1, 0.15) is 81.8 Å². The molecule has 4 bridgehead atoms. The molecular formula is C24H30. The van der Waals surface area contributed by atoms with E-state index in [2.05, 4.69) is 36.1 Å². The molecule has 0 aromatic heterocycles. The number of rotatable bonds is 1. The molecule has 5 saturated carbocycles. The minimum Gasteiger partial charge on any atom is -0.0945 e. The van der Waals surface area contributed by atoms with Gasteiger partial charge >= 0.3 is 0 Å². The third kappa shape index (κ3) is 2.71. The van der Waals surface area contributed by atoms with Crippen LogP contribution in [0.3, 0.4) is 0 Å². The van der Waals surface area contributed by atoms with Gasteiger partial charge in [0.15, 0.2) is 0 Å². The molecule has 5 aliphatic carbocycles. The third-order valence-electron chi connectivity index (χ3n) is 7.56. The Kier molecular flexibility index (Phi) is 3.73. The molecule has 0 heteroatoms. The van der Waals surface area contributed by atoms with Crippen molar-refractivity contribution in [3.63, 3.8) is 0 Å². The summed E-state index contributed by atoms with van der Waals surface area (Å²) in [5.74, 6) is 10.8. The van der Waals surface area contributed by atoms with Gasteiger partial charge in [0, 0.05) is 11.5 Å². The first kappa shape index (κ1) is 15.1. The Morgan fingerprint density at radius 1 is 0.750 bits per heavy atom. The zero-order chi connectivity index (χ0) is 16.0. The molecule has 0 nitrogen and oxygen atoms in total. The van der Waals surface area contributed by atoms with E-state index < -0.39 is 0 Å². The molecule has 0 unspecified atom stereocenters. The van der Waals surface area contributed by atoms with Crippen LogP contribution in [0.25, 0.3) is 0 Å². The Labute approximate surface area is 147 Å². The Morgan fingerprint density at radius 3 is 1.92 bits per heavy atom. The molecule has 5 fully saturated rings. The minimum atomic E-state index is 0.532. The van der Waals surface area contributed by atoms with Crippen LogP contribution in [0, 0.1) is 35.5 Å². The molecule has 24 heavy (non-hydrogen) atoms. The summed E-state index contributed by atoms with van der Waals surface area (Å²) >= 11 is 0. The lowest BCUT2D eigenvalue weighted by Crippen LogP contribution is -2.48. The fraction of sp³-hybridized carbons (Fsp3) is 0.667. The van der Waals surface area contributed by atoms with Crippen LogP contribution in [0.5, 0.6) is 0 Å². The maximum Gasteiger partial charge on any atom is 0.0245 e. The molecular weight excluding hydrogens is 288 g/mol. The van der Waals surface area contributed by atoms with Gasteiger partial charge in [0.05, 0.1) is 0 Å². The van der Waals surface area contributed by atoms with Crippen molar-refractivity contribution in [3.8, 4) is 11.8 Å². The molecule has 0 aliphatic heterocycles. The predicted octanol–water partition coefficient (Wildman–Crippen LogP) is 6.09. The van der Waals surface area contributed by atoms with Gasteiger partial charge in [-0.2, -0.15) is 0 Å². The second-order valence-electron chi connectivity index (χ2n) is 9.38. The van der Waals surface area contributed by atoms with Gasteiger partial charge < -0.3 is 0 Å². The van der Waals surface area contributed by atoms with E-state index >= 15 is 0 Å². The largest absolute Gasteiger partial charge is 0.0945 e. The molecule has 126 valence electrons. The summed E-state index contributed by atoms with van der Waals surface area (Å²) in [7, 11) is 0. The molecule has 1 aromatic carbocycles. The topological polar surface area (TPSA) is 0 Å². The first-order valence-corrected chi connectivity index (χ1v) is 10.4. The summed E-state index contributed by atoms with van der Waals surface area (Å²) in [6.07, 6.45) is 15.8. The Morgan fingerprint density at radius 2 is 1.33 bits per heavy atom. The standard InChI is InChI=1S/C24H30/c1-2-4-18(5-3-1)6-7-19-8-10-23(11-9-19)24-15-20-12-21(16-24)14-22(13-20)17-24/h8-11,18,20-22H,1-5,12-17H2. The maximum absolute atomic E-state index is 3.54. The van der Waals surface area contributed by atoms with Crippen molar-refractivity contribution in [1.82, 2.24) is 0 Å². The van der Waals surface area contributed by atoms with Gasteiger partial charge in [-0.25, -0.2) is 0 Å². The maximum atomic E-state index is 3.54. The Balaban J connectivity index is 1.34. The van der Waals surface area contributed by atoms with Crippen molar-refractivity contribution in [1.29, 1.82) is 0 Å².